The molecule has 0 bridgehead atoms. The zero-order valence-corrected chi connectivity index (χ0v) is 15.5. The van der Waals surface area contributed by atoms with Crippen molar-refractivity contribution in [2.45, 2.75) is 52.2 Å². The molecule has 4 heteroatoms. The van der Waals surface area contributed by atoms with E-state index in [2.05, 4.69) is 79.4 Å². The Kier molecular flexibility index (Phi) is 3.03. The molecule has 0 aromatic carbocycles. The van der Waals surface area contributed by atoms with Crippen molar-refractivity contribution in [3.8, 4) is 0 Å². The second-order valence-corrected chi connectivity index (χ2v) is 13.1. The van der Waals surface area contributed by atoms with Gasteiger partial charge in [-0.15, -0.1) is 9.15 Å². The molecule has 0 saturated heterocycles. The number of nitrogens with zero attached hydrogens (tertiary/aromatic N) is 3. The van der Waals surface area contributed by atoms with Crippen LogP contribution in [0.1, 0.15) is 32.2 Å². The molecule has 112 valence electrons. The fraction of sp³-hybridized carbons (Fsp3) is 0.588. The van der Waals surface area contributed by atoms with E-state index >= 15 is 0 Å². The van der Waals surface area contributed by atoms with Crippen molar-refractivity contribution < 1.29 is 13.7 Å². The Morgan fingerprint density at radius 2 is 1.62 bits per heavy atom. The minimum Gasteiger partial charge on any atom is -0.105 e. The molecular weight excluding hydrogens is 274 g/mol. The summed E-state index contributed by atoms with van der Waals surface area (Å²) in [6.07, 6.45) is 0. The van der Waals surface area contributed by atoms with E-state index < -0.39 is 8.07 Å². The van der Waals surface area contributed by atoms with Gasteiger partial charge >= 0.3 is 5.79 Å². The predicted octanol–water partition coefficient (Wildman–Crippen LogP) is 2.24. The zero-order chi connectivity index (χ0) is 15.6. The fourth-order valence-corrected chi connectivity index (χ4v) is 6.26. The van der Waals surface area contributed by atoms with Gasteiger partial charge in [-0.3, -0.25) is 0 Å². The van der Waals surface area contributed by atoms with Gasteiger partial charge < -0.3 is 0 Å². The molecule has 3 heterocycles. The van der Waals surface area contributed by atoms with Crippen molar-refractivity contribution in [3.05, 3.63) is 29.6 Å². The van der Waals surface area contributed by atoms with E-state index in [-0.39, 0.29) is 5.79 Å². The summed E-state index contributed by atoms with van der Waals surface area (Å²) in [4.78, 5) is 0. The predicted molar refractivity (Wildman–Crippen MR) is 89.3 cm³/mol. The van der Waals surface area contributed by atoms with E-state index in [0.717, 1.165) is 6.54 Å². The highest BCUT2D eigenvalue weighted by Gasteiger charge is 2.73. The van der Waals surface area contributed by atoms with Crippen molar-refractivity contribution >= 4 is 19.5 Å². The molecular formula is C17H28N3Si+3. The Morgan fingerprint density at radius 1 is 1.05 bits per heavy atom. The summed E-state index contributed by atoms with van der Waals surface area (Å²) < 4.78 is 7.73. The molecule has 0 saturated carbocycles. The van der Waals surface area contributed by atoms with Crippen LogP contribution in [0.4, 0.5) is 0 Å². The Morgan fingerprint density at radius 3 is 2.14 bits per heavy atom. The summed E-state index contributed by atoms with van der Waals surface area (Å²) in [7, 11) is 1.03. The van der Waals surface area contributed by atoms with Crippen LogP contribution in [0.15, 0.2) is 18.2 Å². The number of aromatic nitrogens is 1. The SMILES string of the molecule is CC[N+]1=C(C)c2cccc3[n+]2C1(C[Si](C)(C)C)[N+](C)=C3C. The molecule has 0 amide bonds. The normalized spacial score (nSPS) is 24.1. The van der Waals surface area contributed by atoms with Crippen LogP contribution in [0, 0.1) is 0 Å². The lowest BCUT2D eigenvalue weighted by Gasteiger charge is -2.21. The van der Waals surface area contributed by atoms with Crippen LogP contribution in [0.2, 0.25) is 25.7 Å². The van der Waals surface area contributed by atoms with E-state index in [1.165, 1.54) is 28.9 Å². The van der Waals surface area contributed by atoms with Crippen LogP contribution >= 0.6 is 0 Å². The lowest BCUT2D eigenvalue weighted by molar-refractivity contribution is -1.05. The van der Waals surface area contributed by atoms with Crippen LogP contribution < -0.4 is 4.57 Å². The van der Waals surface area contributed by atoms with Gasteiger partial charge in [0.15, 0.2) is 6.54 Å². The second-order valence-electron chi connectivity index (χ2n) is 7.62. The minimum absolute atomic E-state index is 0.0146. The third-order valence-electron chi connectivity index (χ3n) is 5.05. The molecule has 3 rings (SSSR count). The van der Waals surface area contributed by atoms with Crippen LogP contribution in [-0.4, -0.2) is 42.2 Å². The molecule has 1 aromatic rings. The molecule has 0 spiro atoms. The number of pyridine rings is 1. The van der Waals surface area contributed by atoms with Crippen molar-refractivity contribution in [2.75, 3.05) is 13.6 Å². The maximum atomic E-state index is 2.61. The largest absolute Gasteiger partial charge is 0.549 e. The molecule has 2 aliphatic rings. The summed E-state index contributed by atoms with van der Waals surface area (Å²) >= 11 is 0. The lowest BCUT2D eigenvalue weighted by Crippen LogP contribution is -2.65. The quantitative estimate of drug-likeness (QED) is 0.599. The van der Waals surface area contributed by atoms with Crippen molar-refractivity contribution in [1.29, 1.82) is 0 Å². The van der Waals surface area contributed by atoms with Crippen molar-refractivity contribution in [3.63, 3.8) is 0 Å². The van der Waals surface area contributed by atoms with Gasteiger partial charge in [0.1, 0.15) is 13.1 Å². The number of hydrogen-bond acceptors (Lipinski definition) is 0. The summed E-state index contributed by atoms with van der Waals surface area (Å²) in [5, 5.41) is 0. The van der Waals surface area contributed by atoms with E-state index in [4.69, 9.17) is 0 Å². The highest BCUT2D eigenvalue weighted by molar-refractivity contribution is 6.76. The molecule has 21 heavy (non-hydrogen) atoms. The average Bonchev–Trinajstić information content (AvgIpc) is 2.76. The first-order chi connectivity index (χ1) is 9.74. The van der Waals surface area contributed by atoms with E-state index in [1.807, 2.05) is 0 Å². The summed E-state index contributed by atoms with van der Waals surface area (Å²) in [6, 6.07) is 7.99. The van der Waals surface area contributed by atoms with E-state index in [9.17, 15) is 0 Å². The first kappa shape index (κ1) is 14.6. The average molecular weight is 303 g/mol. The van der Waals surface area contributed by atoms with Gasteiger partial charge in [0, 0.05) is 26.0 Å². The van der Waals surface area contributed by atoms with Gasteiger partial charge in [-0.1, -0.05) is 24.2 Å². The molecule has 1 unspecified atom stereocenters. The molecule has 3 nitrogen and oxygen atoms in total. The minimum atomic E-state index is -1.24. The molecule has 1 atom stereocenters. The van der Waals surface area contributed by atoms with Gasteiger partial charge in [-0.25, -0.2) is 0 Å². The monoisotopic (exact) mass is 302 g/mol. The van der Waals surface area contributed by atoms with Crippen molar-refractivity contribution in [2.24, 2.45) is 0 Å². The second kappa shape index (κ2) is 4.35. The zero-order valence-electron chi connectivity index (χ0n) is 14.5. The first-order valence-corrected chi connectivity index (χ1v) is 11.7. The van der Waals surface area contributed by atoms with Crippen LogP contribution in [0.5, 0.6) is 0 Å². The molecule has 0 N–H and O–H groups in total. The van der Waals surface area contributed by atoms with Gasteiger partial charge in [-0.05, 0) is 13.0 Å². The molecule has 1 aromatic heterocycles. The van der Waals surface area contributed by atoms with Crippen LogP contribution in [0.25, 0.3) is 0 Å². The first-order valence-electron chi connectivity index (χ1n) is 7.99. The lowest BCUT2D eigenvalue weighted by atomic mass is 10.2. The van der Waals surface area contributed by atoms with Gasteiger partial charge in [0.2, 0.25) is 0 Å². The summed E-state index contributed by atoms with van der Waals surface area (Å²) in [6.45, 7) is 15.3. The number of hydrogen-bond donors (Lipinski definition) is 0. The standard InChI is InChI=1S/C17H28N3Si/c1-8-19-14(3)16-11-9-10-15-13(2)18(4)17(19,20(15)16)12-21(5,6)7/h9-11H,8,12H2,1-7H3/q+3. The summed E-state index contributed by atoms with van der Waals surface area (Å²) in [5.41, 5.74) is 5.57. The van der Waals surface area contributed by atoms with Crippen LogP contribution in [-0.2, 0) is 5.79 Å². The summed E-state index contributed by atoms with van der Waals surface area (Å²) in [5.74, 6) is -0.0146. The van der Waals surface area contributed by atoms with E-state index in [0.29, 0.717) is 0 Å². The Hall–Kier alpha value is -1.29. The topological polar surface area (TPSA) is 9.90 Å². The fourth-order valence-electron chi connectivity index (χ4n) is 4.25. The molecule has 2 aliphatic heterocycles. The highest BCUT2D eigenvalue weighted by atomic mass is 28.3. The smallest absolute Gasteiger partial charge is 0.105 e. The molecule has 0 aliphatic carbocycles. The van der Waals surface area contributed by atoms with Gasteiger partial charge in [-0.2, -0.15) is 0 Å². The van der Waals surface area contributed by atoms with Crippen molar-refractivity contribution in [1.82, 2.24) is 0 Å². The maximum Gasteiger partial charge on any atom is 0.549 e. The maximum absolute atomic E-state index is 2.61. The van der Waals surface area contributed by atoms with Crippen LogP contribution in [0.3, 0.4) is 0 Å². The van der Waals surface area contributed by atoms with E-state index in [1.54, 1.807) is 0 Å². The Labute approximate surface area is 129 Å². The van der Waals surface area contributed by atoms with Gasteiger partial charge in [0.25, 0.3) is 22.8 Å². The van der Waals surface area contributed by atoms with Gasteiger partial charge in [0.05, 0.1) is 8.07 Å². The molecule has 0 radical (unpaired) electrons. The third-order valence-corrected chi connectivity index (χ3v) is 6.59. The third kappa shape index (κ3) is 1.74. The Bertz CT molecular complexity index is 694. The molecule has 0 fully saturated rings. The Balaban J connectivity index is 2.38. The highest BCUT2D eigenvalue weighted by Crippen LogP contribution is 2.34. The number of rotatable bonds is 3.